The van der Waals surface area contributed by atoms with E-state index >= 15 is 4.39 Å². The Morgan fingerprint density at radius 1 is 1.24 bits per heavy atom. The van der Waals surface area contributed by atoms with Gasteiger partial charge in [0.2, 0.25) is 5.91 Å². The second kappa shape index (κ2) is 12.1. The van der Waals surface area contributed by atoms with Crippen molar-refractivity contribution < 1.29 is 18.7 Å². The van der Waals surface area contributed by atoms with Crippen LogP contribution in [0.3, 0.4) is 0 Å². The third kappa shape index (κ3) is 5.48. The number of hydrogen-bond acceptors (Lipinski definition) is 9. The highest BCUT2D eigenvalue weighted by atomic mass is 19.1. The summed E-state index contributed by atoms with van der Waals surface area (Å²) in [6.07, 6.45) is 5.95. The van der Waals surface area contributed by atoms with Crippen molar-refractivity contribution in [2.75, 3.05) is 62.8 Å². The average Bonchev–Trinajstić information content (AvgIpc) is 3.43. The lowest BCUT2D eigenvalue weighted by molar-refractivity contribution is -0.128. The average molecular weight is 576 g/mol. The Hall–Kier alpha value is -3.91. The highest BCUT2D eigenvalue weighted by Crippen LogP contribution is 2.39. The van der Waals surface area contributed by atoms with Crippen LogP contribution in [-0.2, 0) is 17.6 Å². The fourth-order valence-electron chi connectivity index (χ4n) is 6.87. The number of aromatic nitrogens is 2. The van der Waals surface area contributed by atoms with Gasteiger partial charge in [-0.05, 0) is 57.5 Å². The van der Waals surface area contributed by atoms with Crippen LogP contribution in [0.4, 0.5) is 15.9 Å². The van der Waals surface area contributed by atoms with Crippen LogP contribution in [-0.4, -0.2) is 96.8 Å². The molecule has 0 spiro atoms. The zero-order valence-corrected chi connectivity index (χ0v) is 24.2. The maximum absolute atomic E-state index is 15.0. The third-order valence-electron chi connectivity index (χ3n) is 9.12. The van der Waals surface area contributed by atoms with Gasteiger partial charge >= 0.3 is 6.01 Å². The predicted molar refractivity (Wildman–Crippen MR) is 156 cm³/mol. The van der Waals surface area contributed by atoms with E-state index < -0.39 is 0 Å². The fourth-order valence-corrected chi connectivity index (χ4v) is 6.87. The second-order valence-corrected chi connectivity index (χ2v) is 11.6. The Kier molecular flexibility index (Phi) is 8.16. The lowest BCUT2D eigenvalue weighted by atomic mass is 9.90. The van der Waals surface area contributed by atoms with Crippen LogP contribution >= 0.6 is 0 Å². The zero-order chi connectivity index (χ0) is 29.2. The van der Waals surface area contributed by atoms with Crippen LogP contribution in [0.2, 0.25) is 0 Å². The quantitative estimate of drug-likeness (QED) is 0.462. The van der Waals surface area contributed by atoms with E-state index in [0.717, 1.165) is 49.3 Å². The number of halogens is 1. The molecule has 1 unspecified atom stereocenters. The maximum Gasteiger partial charge on any atom is 0.318 e. The SMILES string of the molecule is C=CC(=O)N1CCN(c2nc(OC[C@@H]3CCCN3C)nc3c2CCC(N2CCOc4cccc(F)c42)C3)C[C@@H]1CC#N. The van der Waals surface area contributed by atoms with Gasteiger partial charge in [-0.25, -0.2) is 4.39 Å². The molecular formula is C31H38FN7O3. The Balaban J connectivity index is 1.31. The molecular weight excluding hydrogens is 537 g/mol. The number of likely N-dealkylation sites (N-methyl/N-ethyl adjacent to an activating group) is 1. The smallest absolute Gasteiger partial charge is 0.318 e. The van der Waals surface area contributed by atoms with Gasteiger partial charge in [-0.2, -0.15) is 15.2 Å². The molecule has 6 rings (SSSR count). The van der Waals surface area contributed by atoms with Crippen molar-refractivity contribution in [2.45, 2.75) is 56.7 Å². The summed E-state index contributed by atoms with van der Waals surface area (Å²) in [4.78, 5) is 30.7. The number of para-hydroxylation sites is 1. The summed E-state index contributed by atoms with van der Waals surface area (Å²) in [5.74, 6) is 0.956. The van der Waals surface area contributed by atoms with Gasteiger partial charge in [-0.15, -0.1) is 0 Å². The first-order valence-electron chi connectivity index (χ1n) is 14.9. The van der Waals surface area contributed by atoms with Crippen LogP contribution < -0.4 is 19.3 Å². The van der Waals surface area contributed by atoms with Crippen molar-refractivity contribution in [3.63, 3.8) is 0 Å². The van der Waals surface area contributed by atoms with Crippen molar-refractivity contribution in [3.05, 3.63) is 47.9 Å². The largest absolute Gasteiger partial charge is 0.489 e. The van der Waals surface area contributed by atoms with E-state index in [1.165, 1.54) is 12.1 Å². The number of benzene rings is 1. The van der Waals surface area contributed by atoms with Gasteiger partial charge in [-0.1, -0.05) is 12.6 Å². The molecule has 1 aromatic carbocycles. The van der Waals surface area contributed by atoms with Gasteiger partial charge in [0, 0.05) is 43.7 Å². The number of fused-ring (bicyclic) bond motifs is 2. The summed E-state index contributed by atoms with van der Waals surface area (Å²) in [5, 5.41) is 9.50. The topological polar surface area (TPSA) is 98.1 Å². The van der Waals surface area contributed by atoms with Crippen LogP contribution in [0, 0.1) is 17.1 Å². The number of hydrogen-bond donors (Lipinski definition) is 0. The highest BCUT2D eigenvalue weighted by molar-refractivity contribution is 5.87. The maximum atomic E-state index is 15.0. The number of likely N-dealkylation sites (tertiary alicyclic amines) is 1. The van der Waals surface area contributed by atoms with Crippen LogP contribution in [0.1, 0.15) is 36.9 Å². The summed E-state index contributed by atoms with van der Waals surface area (Å²) >= 11 is 0. The molecule has 0 N–H and O–H groups in total. The number of carbonyl (C=O) groups is 1. The van der Waals surface area contributed by atoms with Crippen molar-refractivity contribution in [1.29, 1.82) is 5.26 Å². The highest BCUT2D eigenvalue weighted by Gasteiger charge is 2.36. The van der Waals surface area contributed by atoms with Crippen LogP contribution in [0.5, 0.6) is 11.8 Å². The summed E-state index contributed by atoms with van der Waals surface area (Å²) < 4.78 is 27.0. The molecule has 1 aliphatic carbocycles. The molecule has 2 aromatic rings. The minimum atomic E-state index is -0.276. The third-order valence-corrected chi connectivity index (χ3v) is 9.12. The van der Waals surface area contributed by atoms with E-state index in [9.17, 15) is 10.1 Å². The number of anilines is 2. The minimum absolute atomic E-state index is 0.0574. The molecule has 3 atom stereocenters. The van der Waals surface area contributed by atoms with Crippen LogP contribution in [0.25, 0.3) is 0 Å². The molecule has 4 heterocycles. The Labute approximate surface area is 246 Å². The summed E-state index contributed by atoms with van der Waals surface area (Å²) in [6.45, 7) is 7.87. The molecule has 2 saturated heterocycles. The van der Waals surface area contributed by atoms with Gasteiger partial charge < -0.3 is 29.1 Å². The van der Waals surface area contributed by atoms with E-state index in [-0.39, 0.29) is 30.2 Å². The van der Waals surface area contributed by atoms with Gasteiger partial charge in [0.25, 0.3) is 0 Å². The Bertz CT molecular complexity index is 1380. The number of amides is 1. The molecule has 2 fully saturated rings. The molecule has 10 nitrogen and oxygen atoms in total. The normalized spacial score (nSPS) is 23.9. The molecule has 11 heteroatoms. The first-order valence-corrected chi connectivity index (χ1v) is 14.9. The van der Waals surface area contributed by atoms with Gasteiger partial charge in [-0.3, -0.25) is 4.79 Å². The second-order valence-electron chi connectivity index (χ2n) is 11.6. The van der Waals surface area contributed by atoms with E-state index in [4.69, 9.17) is 19.4 Å². The number of ether oxygens (including phenoxy) is 2. The molecule has 1 aromatic heterocycles. The summed E-state index contributed by atoms with van der Waals surface area (Å²) in [7, 11) is 2.11. The van der Waals surface area contributed by atoms with E-state index in [1.807, 2.05) is 6.07 Å². The van der Waals surface area contributed by atoms with Gasteiger partial charge in [0.1, 0.15) is 36.3 Å². The van der Waals surface area contributed by atoms with Gasteiger partial charge in [0.05, 0.1) is 30.8 Å². The standard InChI is InChI=1S/C31H38FN7O3/c1-3-28(40)38-15-14-37(19-22(38)11-12-33)30-24-10-9-21(39-16-17-41-27-8-4-7-25(32)29(27)39)18-26(24)34-31(35-30)42-20-23-6-5-13-36(23)2/h3-4,7-8,21-23H,1,5-6,9-11,13-20H2,2H3/t21?,22-,23-/m0/s1. The number of nitrogens with zero attached hydrogens (tertiary/aromatic N) is 7. The van der Waals surface area contributed by atoms with Crippen molar-refractivity contribution in [1.82, 2.24) is 19.8 Å². The Morgan fingerprint density at radius 2 is 2.12 bits per heavy atom. The lowest BCUT2D eigenvalue weighted by Crippen LogP contribution is -2.55. The van der Waals surface area contributed by atoms with Crippen molar-refractivity contribution in [3.8, 4) is 17.8 Å². The van der Waals surface area contributed by atoms with E-state index in [0.29, 0.717) is 69.3 Å². The first kappa shape index (κ1) is 28.2. The molecule has 42 heavy (non-hydrogen) atoms. The van der Waals surface area contributed by atoms with Crippen molar-refractivity contribution in [2.24, 2.45) is 0 Å². The molecule has 1 amide bonds. The lowest BCUT2D eigenvalue weighted by Gasteiger charge is -2.43. The fraction of sp³-hybridized carbons (Fsp3) is 0.548. The number of piperazine rings is 1. The number of carbonyl (C=O) groups excluding carboxylic acids is 1. The molecule has 0 saturated carbocycles. The van der Waals surface area contributed by atoms with Gasteiger partial charge in [0.15, 0.2) is 0 Å². The number of rotatable bonds is 7. The first-order chi connectivity index (χ1) is 20.5. The predicted octanol–water partition coefficient (Wildman–Crippen LogP) is 2.96. The monoisotopic (exact) mass is 575 g/mol. The molecule has 0 bridgehead atoms. The summed E-state index contributed by atoms with van der Waals surface area (Å²) in [5.41, 5.74) is 2.50. The molecule has 4 aliphatic rings. The van der Waals surface area contributed by atoms with E-state index in [1.54, 1.807) is 11.0 Å². The van der Waals surface area contributed by atoms with E-state index in [2.05, 4.69) is 34.4 Å². The zero-order valence-electron chi connectivity index (χ0n) is 24.2. The Morgan fingerprint density at radius 3 is 2.90 bits per heavy atom. The molecule has 3 aliphatic heterocycles. The summed E-state index contributed by atoms with van der Waals surface area (Å²) in [6, 6.07) is 7.69. The van der Waals surface area contributed by atoms with Crippen molar-refractivity contribution >= 4 is 17.4 Å². The number of nitriles is 1. The minimum Gasteiger partial charge on any atom is -0.489 e. The molecule has 222 valence electrons. The van der Waals surface area contributed by atoms with Crippen LogP contribution in [0.15, 0.2) is 30.9 Å². The molecule has 0 radical (unpaired) electrons.